The number of aryl methyl sites for hydroxylation is 1. The average molecular weight is 347 g/mol. The molecule has 25 heavy (non-hydrogen) atoms. The maximum Gasteiger partial charge on any atom is 0.236 e. The van der Waals surface area contributed by atoms with E-state index in [1.165, 1.54) is 0 Å². The summed E-state index contributed by atoms with van der Waals surface area (Å²) < 4.78 is 10.3. The summed E-state index contributed by atoms with van der Waals surface area (Å²) in [5.74, 6) is 2.19. The number of carbonyl (C=O) groups is 1. The Morgan fingerprint density at radius 2 is 2.24 bits per heavy atom. The van der Waals surface area contributed by atoms with Crippen LogP contribution >= 0.6 is 0 Å². The fourth-order valence-corrected chi connectivity index (χ4v) is 3.11. The molecule has 2 aromatic rings. The van der Waals surface area contributed by atoms with Crippen LogP contribution in [0.25, 0.3) is 0 Å². The quantitative estimate of drug-likeness (QED) is 0.743. The molecule has 0 aliphatic carbocycles. The number of nitrogens with zero attached hydrogens (tertiary/aromatic N) is 5. The highest BCUT2D eigenvalue weighted by molar-refractivity contribution is 5.78. The van der Waals surface area contributed by atoms with Crippen LogP contribution in [-0.4, -0.2) is 70.5 Å². The van der Waals surface area contributed by atoms with Crippen LogP contribution in [0.2, 0.25) is 0 Å². The molecule has 0 aromatic carbocycles. The monoisotopic (exact) mass is 347 g/mol. The van der Waals surface area contributed by atoms with Gasteiger partial charge in [-0.1, -0.05) is 5.16 Å². The van der Waals surface area contributed by atoms with E-state index in [1.54, 1.807) is 18.1 Å². The van der Waals surface area contributed by atoms with E-state index in [-0.39, 0.29) is 5.91 Å². The van der Waals surface area contributed by atoms with Gasteiger partial charge in [0.05, 0.1) is 25.9 Å². The number of furan rings is 1. The van der Waals surface area contributed by atoms with Crippen LogP contribution < -0.4 is 0 Å². The standard InChI is InChI=1S/C17H25N5O3/c1-13-18-16(19-25-13)11-20(2)14-6-7-22(9-14)12-17(23)21(3)10-15-5-4-8-24-15/h4-5,8,14H,6-7,9-12H2,1-3H3/t14-/m0/s1. The highest BCUT2D eigenvalue weighted by Gasteiger charge is 2.28. The van der Waals surface area contributed by atoms with E-state index in [9.17, 15) is 4.79 Å². The molecule has 8 heteroatoms. The molecular formula is C17H25N5O3. The minimum atomic E-state index is 0.105. The van der Waals surface area contributed by atoms with E-state index in [0.717, 1.165) is 25.3 Å². The number of likely N-dealkylation sites (N-methyl/N-ethyl adjacent to an activating group) is 2. The van der Waals surface area contributed by atoms with Crippen molar-refractivity contribution in [2.75, 3.05) is 33.7 Å². The summed E-state index contributed by atoms with van der Waals surface area (Å²) in [5.41, 5.74) is 0. The van der Waals surface area contributed by atoms with Gasteiger partial charge in [-0.3, -0.25) is 14.6 Å². The van der Waals surface area contributed by atoms with Crippen molar-refractivity contribution in [1.82, 2.24) is 24.8 Å². The van der Waals surface area contributed by atoms with Gasteiger partial charge in [0, 0.05) is 33.1 Å². The molecule has 1 aliphatic rings. The normalized spacial score (nSPS) is 18.2. The Morgan fingerprint density at radius 1 is 1.40 bits per heavy atom. The zero-order chi connectivity index (χ0) is 17.8. The third-order valence-corrected chi connectivity index (χ3v) is 4.59. The second-order valence-corrected chi connectivity index (χ2v) is 6.65. The number of rotatable bonds is 7. The van der Waals surface area contributed by atoms with Crippen molar-refractivity contribution in [2.45, 2.75) is 32.5 Å². The van der Waals surface area contributed by atoms with Crippen LogP contribution in [0.3, 0.4) is 0 Å². The first kappa shape index (κ1) is 17.6. The lowest BCUT2D eigenvalue weighted by atomic mass is 10.2. The Bertz CT molecular complexity index is 684. The van der Waals surface area contributed by atoms with Crippen LogP contribution in [0.1, 0.15) is 23.9 Å². The van der Waals surface area contributed by atoms with E-state index in [0.29, 0.717) is 37.4 Å². The second kappa shape index (κ2) is 7.79. The van der Waals surface area contributed by atoms with Crippen molar-refractivity contribution in [3.8, 4) is 0 Å². The third-order valence-electron chi connectivity index (χ3n) is 4.59. The van der Waals surface area contributed by atoms with Crippen molar-refractivity contribution in [2.24, 2.45) is 0 Å². The van der Waals surface area contributed by atoms with Crippen LogP contribution in [0.5, 0.6) is 0 Å². The number of hydrogen-bond donors (Lipinski definition) is 0. The van der Waals surface area contributed by atoms with E-state index in [4.69, 9.17) is 8.94 Å². The molecule has 0 N–H and O–H groups in total. The van der Waals surface area contributed by atoms with Gasteiger partial charge in [-0.2, -0.15) is 4.98 Å². The van der Waals surface area contributed by atoms with Gasteiger partial charge in [0.15, 0.2) is 5.82 Å². The van der Waals surface area contributed by atoms with Crippen molar-refractivity contribution >= 4 is 5.91 Å². The molecule has 0 spiro atoms. The number of carbonyl (C=O) groups excluding carboxylic acids is 1. The highest BCUT2D eigenvalue weighted by Crippen LogP contribution is 2.16. The van der Waals surface area contributed by atoms with Gasteiger partial charge in [-0.15, -0.1) is 0 Å². The molecule has 1 amide bonds. The SMILES string of the molecule is Cc1nc(CN(C)[C@H]2CCN(CC(=O)N(C)Cc3ccco3)C2)no1. The molecule has 0 unspecified atom stereocenters. The first-order chi connectivity index (χ1) is 12.0. The van der Waals surface area contributed by atoms with Gasteiger partial charge in [0.25, 0.3) is 0 Å². The minimum absolute atomic E-state index is 0.105. The maximum atomic E-state index is 12.4. The summed E-state index contributed by atoms with van der Waals surface area (Å²) >= 11 is 0. The molecule has 0 radical (unpaired) electrons. The second-order valence-electron chi connectivity index (χ2n) is 6.65. The van der Waals surface area contributed by atoms with E-state index < -0.39 is 0 Å². The Hall–Kier alpha value is -2.19. The lowest BCUT2D eigenvalue weighted by Gasteiger charge is -2.24. The predicted molar refractivity (Wildman–Crippen MR) is 90.5 cm³/mol. The fourth-order valence-electron chi connectivity index (χ4n) is 3.11. The smallest absolute Gasteiger partial charge is 0.236 e. The fraction of sp³-hybridized carbons (Fsp3) is 0.588. The van der Waals surface area contributed by atoms with Crippen LogP contribution in [0.4, 0.5) is 0 Å². The maximum absolute atomic E-state index is 12.4. The molecule has 1 fully saturated rings. The predicted octanol–water partition coefficient (Wildman–Crippen LogP) is 1.14. The molecule has 8 nitrogen and oxygen atoms in total. The molecule has 3 rings (SSSR count). The Balaban J connectivity index is 1.44. The zero-order valence-electron chi connectivity index (χ0n) is 15.0. The van der Waals surface area contributed by atoms with Crippen LogP contribution in [-0.2, 0) is 17.9 Å². The van der Waals surface area contributed by atoms with Crippen LogP contribution in [0.15, 0.2) is 27.3 Å². The van der Waals surface area contributed by atoms with Gasteiger partial charge in [0.1, 0.15) is 5.76 Å². The molecule has 1 saturated heterocycles. The third kappa shape index (κ3) is 4.67. The Labute approximate surface area is 147 Å². The number of likely N-dealkylation sites (tertiary alicyclic amines) is 1. The van der Waals surface area contributed by atoms with Gasteiger partial charge in [-0.05, 0) is 25.6 Å². The summed E-state index contributed by atoms with van der Waals surface area (Å²) in [7, 11) is 3.87. The van der Waals surface area contributed by atoms with Gasteiger partial charge in [-0.25, -0.2) is 0 Å². The number of amides is 1. The molecule has 1 aliphatic heterocycles. The first-order valence-corrected chi connectivity index (χ1v) is 8.49. The van der Waals surface area contributed by atoms with Gasteiger partial charge >= 0.3 is 0 Å². The molecule has 0 saturated carbocycles. The van der Waals surface area contributed by atoms with Crippen molar-refractivity contribution in [3.63, 3.8) is 0 Å². The molecule has 2 aromatic heterocycles. The topological polar surface area (TPSA) is 78.9 Å². The number of aromatic nitrogens is 2. The van der Waals surface area contributed by atoms with Gasteiger partial charge < -0.3 is 13.8 Å². The summed E-state index contributed by atoms with van der Waals surface area (Å²) in [6.45, 7) is 5.16. The van der Waals surface area contributed by atoms with E-state index >= 15 is 0 Å². The highest BCUT2D eigenvalue weighted by atomic mass is 16.5. The summed E-state index contributed by atoms with van der Waals surface area (Å²) in [5, 5.41) is 3.94. The average Bonchev–Trinajstić information content (AvgIpc) is 3.30. The summed E-state index contributed by atoms with van der Waals surface area (Å²) in [6.07, 6.45) is 2.66. The van der Waals surface area contributed by atoms with E-state index in [1.807, 2.05) is 19.2 Å². The molecule has 1 atom stereocenters. The van der Waals surface area contributed by atoms with Crippen molar-refractivity contribution < 1.29 is 13.7 Å². The summed E-state index contributed by atoms with van der Waals surface area (Å²) in [6, 6.07) is 4.10. The minimum Gasteiger partial charge on any atom is -0.467 e. The number of hydrogen-bond acceptors (Lipinski definition) is 7. The van der Waals surface area contributed by atoms with E-state index in [2.05, 4.69) is 27.0 Å². The Kier molecular flexibility index (Phi) is 5.50. The van der Waals surface area contributed by atoms with Crippen LogP contribution in [0, 0.1) is 6.92 Å². The Morgan fingerprint density at radius 3 is 2.92 bits per heavy atom. The lowest BCUT2D eigenvalue weighted by molar-refractivity contribution is -0.131. The first-order valence-electron chi connectivity index (χ1n) is 8.49. The van der Waals surface area contributed by atoms with Crippen molar-refractivity contribution in [3.05, 3.63) is 35.9 Å². The largest absolute Gasteiger partial charge is 0.467 e. The molecule has 136 valence electrons. The van der Waals surface area contributed by atoms with Crippen molar-refractivity contribution in [1.29, 1.82) is 0 Å². The molecule has 3 heterocycles. The molecular weight excluding hydrogens is 322 g/mol. The molecule has 0 bridgehead atoms. The summed E-state index contributed by atoms with van der Waals surface area (Å²) in [4.78, 5) is 22.8. The van der Waals surface area contributed by atoms with Gasteiger partial charge in [0.2, 0.25) is 11.8 Å². The zero-order valence-corrected chi connectivity index (χ0v) is 15.0. The lowest BCUT2D eigenvalue weighted by Crippen LogP contribution is -2.39.